The number of carbonyl (C=O) groups is 2. The molecular formula is C24H24ClN3O3. The van der Waals surface area contributed by atoms with Crippen LogP contribution in [0.3, 0.4) is 0 Å². The number of hydrogen-bond donors (Lipinski definition) is 3. The molecule has 2 amide bonds. The number of benzene rings is 3. The molecule has 0 radical (unpaired) electrons. The van der Waals surface area contributed by atoms with Crippen molar-refractivity contribution in [2.45, 2.75) is 13.5 Å². The highest BCUT2D eigenvalue weighted by molar-refractivity contribution is 6.30. The van der Waals surface area contributed by atoms with Crippen molar-refractivity contribution in [2.24, 2.45) is 0 Å². The van der Waals surface area contributed by atoms with Gasteiger partial charge in [0.15, 0.2) is 6.61 Å². The van der Waals surface area contributed by atoms with Gasteiger partial charge in [0, 0.05) is 28.5 Å². The second kappa shape index (κ2) is 11.2. The predicted molar refractivity (Wildman–Crippen MR) is 124 cm³/mol. The van der Waals surface area contributed by atoms with Crippen molar-refractivity contribution in [3.8, 4) is 5.75 Å². The van der Waals surface area contributed by atoms with Crippen molar-refractivity contribution < 1.29 is 14.3 Å². The molecule has 0 aliphatic rings. The summed E-state index contributed by atoms with van der Waals surface area (Å²) in [7, 11) is 0. The van der Waals surface area contributed by atoms with Crippen LogP contribution in [0, 0.1) is 6.92 Å². The number of rotatable bonds is 9. The minimum Gasteiger partial charge on any atom is -0.483 e. The summed E-state index contributed by atoms with van der Waals surface area (Å²) in [6, 6.07) is 21.9. The molecule has 0 aromatic heterocycles. The van der Waals surface area contributed by atoms with Gasteiger partial charge in [0.2, 0.25) is 5.91 Å². The maximum Gasteiger partial charge on any atom is 0.262 e. The van der Waals surface area contributed by atoms with E-state index < -0.39 is 0 Å². The molecule has 0 atom stereocenters. The fourth-order valence-corrected chi connectivity index (χ4v) is 2.94. The van der Waals surface area contributed by atoms with Gasteiger partial charge in [-0.05, 0) is 49.4 Å². The fraction of sp³-hybridized carbons (Fsp3) is 0.167. The van der Waals surface area contributed by atoms with Crippen LogP contribution in [0.15, 0.2) is 72.8 Å². The molecule has 160 valence electrons. The zero-order chi connectivity index (χ0) is 22.1. The van der Waals surface area contributed by atoms with Gasteiger partial charge < -0.3 is 20.7 Å². The van der Waals surface area contributed by atoms with Gasteiger partial charge in [-0.2, -0.15) is 0 Å². The molecule has 3 aromatic carbocycles. The Labute approximate surface area is 186 Å². The van der Waals surface area contributed by atoms with E-state index in [0.29, 0.717) is 23.0 Å². The van der Waals surface area contributed by atoms with Gasteiger partial charge in [-0.15, -0.1) is 0 Å². The highest BCUT2D eigenvalue weighted by Gasteiger charge is 2.08. The van der Waals surface area contributed by atoms with Crippen LogP contribution in [0.5, 0.6) is 5.75 Å². The van der Waals surface area contributed by atoms with E-state index in [-0.39, 0.29) is 25.0 Å². The molecule has 0 unspecified atom stereocenters. The van der Waals surface area contributed by atoms with Crippen molar-refractivity contribution >= 4 is 34.8 Å². The Morgan fingerprint density at radius 3 is 2.16 bits per heavy atom. The number of aryl methyl sites for hydroxylation is 1. The fourth-order valence-electron chi connectivity index (χ4n) is 2.82. The number of hydrogen-bond acceptors (Lipinski definition) is 4. The first kappa shape index (κ1) is 22.3. The van der Waals surface area contributed by atoms with Crippen LogP contribution >= 0.6 is 11.6 Å². The van der Waals surface area contributed by atoms with Crippen molar-refractivity contribution in [1.29, 1.82) is 0 Å². The molecule has 6 nitrogen and oxygen atoms in total. The molecule has 0 saturated heterocycles. The second-order valence-corrected chi connectivity index (χ2v) is 7.41. The minimum absolute atomic E-state index is 0.131. The lowest BCUT2D eigenvalue weighted by molar-refractivity contribution is -0.118. The monoisotopic (exact) mass is 437 g/mol. The third kappa shape index (κ3) is 7.44. The summed E-state index contributed by atoms with van der Waals surface area (Å²) in [5, 5.41) is 9.30. The van der Waals surface area contributed by atoms with Gasteiger partial charge in [0.25, 0.3) is 5.91 Å². The first-order chi connectivity index (χ1) is 15.0. The van der Waals surface area contributed by atoms with Crippen LogP contribution in [0.1, 0.15) is 11.1 Å². The largest absolute Gasteiger partial charge is 0.483 e. The SMILES string of the molecule is Cc1ccc(NC(=O)CNCc2ccccc2OCC(=O)Nc2ccc(Cl)cc2)cc1. The Morgan fingerprint density at radius 1 is 0.839 bits per heavy atom. The highest BCUT2D eigenvalue weighted by atomic mass is 35.5. The van der Waals surface area contributed by atoms with Gasteiger partial charge in [-0.25, -0.2) is 0 Å². The van der Waals surface area contributed by atoms with E-state index in [4.69, 9.17) is 16.3 Å². The van der Waals surface area contributed by atoms with E-state index in [1.807, 2.05) is 49.4 Å². The Bertz CT molecular complexity index is 1020. The standard InChI is InChI=1S/C24H24ClN3O3/c1-17-6-10-20(11-7-17)27-23(29)15-26-14-18-4-2-3-5-22(18)31-16-24(30)28-21-12-8-19(25)9-13-21/h2-13,26H,14-16H2,1H3,(H,27,29)(H,28,30). The molecule has 7 heteroatoms. The first-order valence-corrected chi connectivity index (χ1v) is 10.2. The Balaban J connectivity index is 1.46. The lowest BCUT2D eigenvalue weighted by Gasteiger charge is -2.12. The molecule has 3 N–H and O–H groups in total. The highest BCUT2D eigenvalue weighted by Crippen LogP contribution is 2.18. The van der Waals surface area contributed by atoms with E-state index in [1.165, 1.54) is 0 Å². The average molecular weight is 438 g/mol. The molecule has 3 aromatic rings. The van der Waals surface area contributed by atoms with E-state index in [1.54, 1.807) is 30.3 Å². The van der Waals surface area contributed by atoms with E-state index in [9.17, 15) is 9.59 Å². The van der Waals surface area contributed by atoms with Crippen molar-refractivity contribution in [1.82, 2.24) is 5.32 Å². The predicted octanol–water partition coefficient (Wildman–Crippen LogP) is 4.39. The Kier molecular flexibility index (Phi) is 8.04. The summed E-state index contributed by atoms with van der Waals surface area (Å²) < 4.78 is 5.68. The topological polar surface area (TPSA) is 79.5 Å². The number of amides is 2. The minimum atomic E-state index is -0.275. The molecule has 0 bridgehead atoms. The molecule has 0 aliphatic heterocycles. The lowest BCUT2D eigenvalue weighted by Crippen LogP contribution is -2.28. The Morgan fingerprint density at radius 2 is 1.45 bits per heavy atom. The van der Waals surface area contributed by atoms with Gasteiger partial charge >= 0.3 is 0 Å². The molecule has 0 fully saturated rings. The quantitative estimate of drug-likeness (QED) is 0.463. The van der Waals surface area contributed by atoms with Gasteiger partial charge in [0.05, 0.1) is 6.54 Å². The van der Waals surface area contributed by atoms with Crippen LogP contribution in [-0.2, 0) is 16.1 Å². The summed E-state index contributed by atoms with van der Waals surface area (Å²) in [6.07, 6.45) is 0. The van der Waals surface area contributed by atoms with Crippen LogP contribution < -0.4 is 20.7 Å². The molecule has 31 heavy (non-hydrogen) atoms. The summed E-state index contributed by atoms with van der Waals surface area (Å²) in [5.41, 5.74) is 3.39. The van der Waals surface area contributed by atoms with Crippen LogP contribution in [-0.4, -0.2) is 25.0 Å². The van der Waals surface area contributed by atoms with E-state index in [0.717, 1.165) is 16.8 Å². The third-order valence-electron chi connectivity index (χ3n) is 4.40. The summed E-state index contributed by atoms with van der Waals surface area (Å²) in [4.78, 5) is 24.3. The van der Waals surface area contributed by atoms with Crippen LogP contribution in [0.25, 0.3) is 0 Å². The van der Waals surface area contributed by atoms with Crippen molar-refractivity contribution in [3.63, 3.8) is 0 Å². The Hall–Kier alpha value is -3.35. The first-order valence-electron chi connectivity index (χ1n) is 9.83. The molecule has 3 rings (SSSR count). The maximum absolute atomic E-state index is 12.1. The molecule has 0 aliphatic carbocycles. The van der Waals surface area contributed by atoms with Crippen LogP contribution in [0.4, 0.5) is 11.4 Å². The smallest absolute Gasteiger partial charge is 0.262 e. The maximum atomic E-state index is 12.1. The average Bonchev–Trinajstić information content (AvgIpc) is 2.76. The summed E-state index contributed by atoms with van der Waals surface area (Å²) in [5.74, 6) is 0.173. The zero-order valence-corrected chi connectivity index (χ0v) is 17.9. The molecule has 0 saturated carbocycles. The molecular weight excluding hydrogens is 414 g/mol. The summed E-state index contributed by atoms with van der Waals surface area (Å²) in [6.45, 7) is 2.44. The van der Waals surface area contributed by atoms with Crippen molar-refractivity contribution in [2.75, 3.05) is 23.8 Å². The normalized spacial score (nSPS) is 10.4. The number of anilines is 2. The molecule has 0 spiro atoms. The number of carbonyl (C=O) groups excluding carboxylic acids is 2. The summed E-state index contributed by atoms with van der Waals surface area (Å²) >= 11 is 5.85. The van der Waals surface area contributed by atoms with Gasteiger partial charge in [-0.1, -0.05) is 47.5 Å². The van der Waals surface area contributed by atoms with Gasteiger partial charge in [0.1, 0.15) is 5.75 Å². The number of ether oxygens (including phenoxy) is 1. The number of nitrogens with one attached hydrogen (secondary N) is 3. The van der Waals surface area contributed by atoms with Gasteiger partial charge in [-0.3, -0.25) is 9.59 Å². The molecule has 0 heterocycles. The lowest BCUT2D eigenvalue weighted by atomic mass is 10.2. The number of para-hydroxylation sites is 1. The van der Waals surface area contributed by atoms with Crippen molar-refractivity contribution in [3.05, 3.63) is 88.9 Å². The van der Waals surface area contributed by atoms with Crippen LogP contribution in [0.2, 0.25) is 5.02 Å². The zero-order valence-electron chi connectivity index (χ0n) is 17.2. The number of halogens is 1. The third-order valence-corrected chi connectivity index (χ3v) is 4.65. The van der Waals surface area contributed by atoms with E-state index in [2.05, 4.69) is 16.0 Å². The van der Waals surface area contributed by atoms with E-state index >= 15 is 0 Å². The second-order valence-electron chi connectivity index (χ2n) is 6.97.